The number of benzene rings is 2. The molecule has 2 fully saturated rings. The number of carbonyl (C=O) groups is 2. The summed E-state index contributed by atoms with van der Waals surface area (Å²) in [6.45, 7) is 12.6. The lowest BCUT2D eigenvalue weighted by molar-refractivity contribution is -0.112. The van der Waals surface area contributed by atoms with Crippen molar-refractivity contribution in [3.8, 4) is 5.75 Å². The van der Waals surface area contributed by atoms with Gasteiger partial charge in [-0.15, -0.1) is 0 Å². The lowest BCUT2D eigenvalue weighted by atomic mass is 10.0. The van der Waals surface area contributed by atoms with Crippen LogP contribution < -0.4 is 30.9 Å². The molecule has 298 valence electrons. The van der Waals surface area contributed by atoms with Crippen molar-refractivity contribution in [1.29, 1.82) is 0 Å². The van der Waals surface area contributed by atoms with Crippen LogP contribution in [-0.4, -0.2) is 109 Å². The zero-order valence-electron chi connectivity index (χ0n) is 31.7. The van der Waals surface area contributed by atoms with Gasteiger partial charge in [-0.1, -0.05) is 12.1 Å². The first-order chi connectivity index (χ1) is 25.8. The van der Waals surface area contributed by atoms with Gasteiger partial charge in [-0.3, -0.25) is 9.69 Å². The molecule has 0 saturated carbocycles. The summed E-state index contributed by atoms with van der Waals surface area (Å²) in [5.41, 5.74) is 1.23. The molecule has 55 heavy (non-hydrogen) atoms. The maximum Gasteiger partial charge on any atom is 0.410 e. The highest BCUT2D eigenvalue weighted by Crippen LogP contribution is 2.41. The molecule has 3 heterocycles. The van der Waals surface area contributed by atoms with Gasteiger partial charge in [0.25, 0.3) is 0 Å². The minimum atomic E-state index is -4.66. The highest BCUT2D eigenvalue weighted by molar-refractivity contribution is 9.10. The zero-order chi connectivity index (χ0) is 40.1. The summed E-state index contributed by atoms with van der Waals surface area (Å²) in [4.78, 5) is 40.5. The van der Waals surface area contributed by atoms with Crippen molar-refractivity contribution < 1.29 is 36.8 Å². The molecule has 5 rings (SSSR count). The first-order valence-corrected chi connectivity index (χ1v) is 21.2. The fraction of sp³-hybridized carbons (Fsp3) is 0.459. The van der Waals surface area contributed by atoms with Crippen LogP contribution in [0.15, 0.2) is 59.2 Å². The quantitative estimate of drug-likeness (QED) is 0.138. The summed E-state index contributed by atoms with van der Waals surface area (Å²) >= 11 is 3.47. The molecule has 3 N–H and O–H groups in total. The van der Waals surface area contributed by atoms with Crippen molar-refractivity contribution in [3.05, 3.63) is 59.2 Å². The first-order valence-electron chi connectivity index (χ1n) is 17.8. The van der Waals surface area contributed by atoms with Crippen molar-refractivity contribution in [1.82, 2.24) is 19.8 Å². The summed E-state index contributed by atoms with van der Waals surface area (Å²) in [5, 5.41) is 9.63. The largest absolute Gasteiger partial charge is 0.494 e. The van der Waals surface area contributed by atoms with Crippen molar-refractivity contribution in [2.45, 2.75) is 51.4 Å². The Morgan fingerprint density at radius 1 is 0.964 bits per heavy atom. The van der Waals surface area contributed by atoms with Crippen molar-refractivity contribution in [2.24, 2.45) is 0 Å². The van der Waals surface area contributed by atoms with E-state index in [1.807, 2.05) is 32.9 Å². The number of carbonyl (C=O) groups excluding carboxylic acids is 2. The average molecular weight is 852 g/mol. The molecule has 1 aromatic heterocycles. The van der Waals surface area contributed by atoms with Crippen molar-refractivity contribution in [3.63, 3.8) is 0 Å². The Balaban J connectivity index is 1.36. The van der Waals surface area contributed by atoms with E-state index in [4.69, 9.17) is 9.47 Å². The Bertz CT molecular complexity index is 1940. The summed E-state index contributed by atoms with van der Waals surface area (Å²) in [6, 6.07) is 10.8. The second-order valence-corrected chi connectivity index (χ2v) is 18.7. The van der Waals surface area contributed by atoms with Crippen LogP contribution >= 0.6 is 23.1 Å². The van der Waals surface area contributed by atoms with E-state index in [9.17, 15) is 27.3 Å². The molecular formula is C37H47BrF3N8O5P. The summed E-state index contributed by atoms with van der Waals surface area (Å²) in [6.07, 6.45) is -1.54. The Labute approximate surface area is 327 Å². The van der Waals surface area contributed by atoms with E-state index >= 15 is 0 Å². The number of methoxy groups -OCH3 is 1. The number of piperidine rings is 1. The molecule has 0 radical (unpaired) electrons. The number of nitrogens with one attached hydrogen (secondary N) is 3. The fourth-order valence-electron chi connectivity index (χ4n) is 6.42. The van der Waals surface area contributed by atoms with Gasteiger partial charge >= 0.3 is 12.3 Å². The van der Waals surface area contributed by atoms with Gasteiger partial charge < -0.3 is 39.8 Å². The number of rotatable bonds is 10. The molecular weight excluding hydrogens is 804 g/mol. The van der Waals surface area contributed by atoms with Gasteiger partial charge in [-0.25, -0.2) is 9.78 Å². The topological polar surface area (TPSA) is 141 Å². The molecule has 2 saturated heterocycles. The maximum absolute atomic E-state index is 13.0. The van der Waals surface area contributed by atoms with Gasteiger partial charge in [0.15, 0.2) is 0 Å². The Morgan fingerprint density at radius 3 is 2.25 bits per heavy atom. The molecule has 2 aliphatic heterocycles. The first kappa shape index (κ1) is 41.8. The maximum atomic E-state index is 13.0. The lowest BCUT2D eigenvalue weighted by Gasteiger charge is -2.43. The van der Waals surface area contributed by atoms with E-state index in [1.54, 1.807) is 42.5 Å². The molecule has 13 nitrogen and oxygen atoms in total. The van der Waals surface area contributed by atoms with Gasteiger partial charge in [0, 0.05) is 75.0 Å². The molecule has 0 unspecified atom stereocenters. The highest BCUT2D eigenvalue weighted by atomic mass is 79.9. The van der Waals surface area contributed by atoms with E-state index in [2.05, 4.69) is 51.6 Å². The Morgan fingerprint density at radius 2 is 1.64 bits per heavy atom. The molecule has 0 atom stereocenters. The number of aromatic nitrogens is 2. The zero-order valence-corrected chi connectivity index (χ0v) is 34.1. The van der Waals surface area contributed by atoms with E-state index in [1.165, 1.54) is 13.3 Å². The predicted octanol–water partition coefficient (Wildman–Crippen LogP) is 7.56. The number of hydrogen-bond donors (Lipinski definition) is 3. The van der Waals surface area contributed by atoms with Crippen LogP contribution in [0, 0.1) is 0 Å². The molecule has 2 amide bonds. The van der Waals surface area contributed by atoms with E-state index in [0.717, 1.165) is 12.8 Å². The number of alkyl halides is 3. The second-order valence-electron chi connectivity index (χ2n) is 14.7. The predicted molar refractivity (Wildman–Crippen MR) is 213 cm³/mol. The van der Waals surface area contributed by atoms with E-state index in [0.29, 0.717) is 83.8 Å². The van der Waals surface area contributed by atoms with Crippen LogP contribution in [0.25, 0.3) is 0 Å². The van der Waals surface area contributed by atoms with Crippen LogP contribution in [0.1, 0.15) is 33.6 Å². The van der Waals surface area contributed by atoms with Gasteiger partial charge in [0.05, 0.1) is 34.3 Å². The van der Waals surface area contributed by atoms with Crippen molar-refractivity contribution >= 4 is 74.9 Å². The average Bonchev–Trinajstić information content (AvgIpc) is 3.11. The third kappa shape index (κ3) is 11.6. The molecule has 3 aromatic rings. The molecule has 2 aliphatic rings. The Kier molecular flexibility index (Phi) is 13.1. The minimum absolute atomic E-state index is 0.114. The number of amides is 2. The SMILES string of the molecule is COc1cc(N2CCC(N3CCN(C(=O)OC(C)(C)C)CC3)CC2)c(NC(=O)/C=C/C(F)(F)F)cc1Nc1ncc(Br)c(Nc2ccccc2P(C)(C)=O)n1. The molecule has 18 heteroatoms. The monoisotopic (exact) mass is 850 g/mol. The number of nitrogens with zero attached hydrogens (tertiary/aromatic N) is 5. The Hall–Kier alpha value is -4.34. The normalized spacial score (nSPS) is 16.3. The lowest BCUT2D eigenvalue weighted by Crippen LogP contribution is -2.55. The summed E-state index contributed by atoms with van der Waals surface area (Å²) in [7, 11) is -1.15. The second kappa shape index (κ2) is 17.2. The van der Waals surface area contributed by atoms with Crippen LogP contribution in [0.3, 0.4) is 0 Å². The molecule has 0 aliphatic carbocycles. The fourth-order valence-corrected chi connectivity index (χ4v) is 7.87. The molecule has 0 bridgehead atoms. The highest BCUT2D eigenvalue weighted by Gasteiger charge is 2.32. The van der Waals surface area contributed by atoms with E-state index in [-0.39, 0.29) is 29.8 Å². The number of para-hydroxylation sites is 1. The van der Waals surface area contributed by atoms with Gasteiger partial charge in [0.2, 0.25) is 11.9 Å². The van der Waals surface area contributed by atoms with Gasteiger partial charge in [-0.05, 0) is 81.1 Å². The molecule has 0 spiro atoms. The number of anilines is 6. The number of ether oxygens (including phenoxy) is 2. The third-order valence-electron chi connectivity index (χ3n) is 9.01. The summed E-state index contributed by atoms with van der Waals surface area (Å²) in [5.74, 6) is -0.0497. The van der Waals surface area contributed by atoms with Gasteiger partial charge in [0.1, 0.15) is 24.3 Å². The van der Waals surface area contributed by atoms with Crippen LogP contribution in [0.5, 0.6) is 5.75 Å². The standard InChI is InChI=1S/C37H47BrF3N8O5P/c1-36(2,3)54-35(51)49-19-17-47(18-20-49)24-12-15-48(16-13-24)29-22-30(53-4)28(21-27(29)43-32(50)11-14-37(39,40)41)45-34-42-23-25(38)33(46-34)44-26-9-7-8-10-31(26)55(5,6)52/h7-11,14,21-24H,12-13,15-20H2,1-6H3,(H,43,50)(H2,42,44,45,46)/b14-11+. The van der Waals surface area contributed by atoms with Crippen LogP contribution in [0.4, 0.5) is 52.5 Å². The smallest absolute Gasteiger partial charge is 0.410 e. The molecule has 2 aromatic carbocycles. The minimum Gasteiger partial charge on any atom is -0.494 e. The van der Waals surface area contributed by atoms with E-state index < -0.39 is 24.8 Å². The number of allylic oxidation sites excluding steroid dienone is 1. The van der Waals surface area contributed by atoms with Crippen molar-refractivity contribution in [2.75, 3.05) is 80.6 Å². The number of piperazine rings is 1. The third-order valence-corrected chi connectivity index (χ3v) is 11.1. The van der Waals surface area contributed by atoms with Crippen LogP contribution in [-0.2, 0) is 14.1 Å². The van der Waals surface area contributed by atoms with Gasteiger partial charge in [-0.2, -0.15) is 18.2 Å². The number of halogens is 4. The summed E-state index contributed by atoms with van der Waals surface area (Å²) < 4.78 is 63.7. The number of hydrogen-bond acceptors (Lipinski definition) is 11. The van der Waals surface area contributed by atoms with Crippen LogP contribution in [0.2, 0.25) is 0 Å².